The normalized spacial score (nSPS) is 11.5. The van der Waals surface area contributed by atoms with Crippen LogP contribution >= 0.6 is 11.8 Å². The van der Waals surface area contributed by atoms with Gasteiger partial charge in [0.2, 0.25) is 0 Å². The molecule has 26 heavy (non-hydrogen) atoms. The molecule has 0 spiro atoms. The monoisotopic (exact) mass is 371 g/mol. The Morgan fingerprint density at radius 3 is 2.38 bits per heavy atom. The third kappa shape index (κ3) is 6.04. The smallest absolute Gasteiger partial charge is 0.339 e. The Morgan fingerprint density at radius 2 is 1.69 bits per heavy atom. The predicted octanol–water partition coefficient (Wildman–Crippen LogP) is 3.40. The lowest BCUT2D eigenvalue weighted by Crippen LogP contribution is -2.31. The van der Waals surface area contributed by atoms with Gasteiger partial charge in [0.25, 0.3) is 5.91 Å². The van der Waals surface area contributed by atoms with E-state index in [4.69, 9.17) is 4.74 Å². The number of amides is 1. The van der Waals surface area contributed by atoms with Gasteiger partial charge in [-0.2, -0.15) is 0 Å². The molecule has 6 heteroatoms. The first-order chi connectivity index (χ1) is 12.5. The van der Waals surface area contributed by atoms with Gasteiger partial charge in [-0.05, 0) is 31.5 Å². The predicted molar refractivity (Wildman–Crippen MR) is 101 cm³/mol. The molecule has 1 atom stereocenters. The molecule has 0 aliphatic carbocycles. The van der Waals surface area contributed by atoms with E-state index in [1.54, 1.807) is 24.3 Å². The highest BCUT2D eigenvalue weighted by molar-refractivity contribution is 8.00. The first kappa shape index (κ1) is 19.7. The number of ketones is 1. The second-order valence-corrected chi connectivity index (χ2v) is 6.78. The van der Waals surface area contributed by atoms with Gasteiger partial charge in [0, 0.05) is 4.90 Å². The minimum Gasteiger partial charge on any atom is -0.452 e. The minimum atomic E-state index is -0.584. The first-order valence-corrected chi connectivity index (χ1v) is 9.18. The maximum atomic E-state index is 12.3. The van der Waals surface area contributed by atoms with E-state index in [0.29, 0.717) is 10.5 Å². The van der Waals surface area contributed by atoms with Crippen LogP contribution in [0.3, 0.4) is 0 Å². The van der Waals surface area contributed by atoms with E-state index in [0.717, 1.165) is 5.56 Å². The number of carbonyl (C=O) groups is 3. The fourth-order valence-corrected chi connectivity index (χ4v) is 3.10. The lowest BCUT2D eigenvalue weighted by Gasteiger charge is -2.14. The van der Waals surface area contributed by atoms with E-state index >= 15 is 0 Å². The molecular formula is C20H21NO4S. The second kappa shape index (κ2) is 9.77. The summed E-state index contributed by atoms with van der Waals surface area (Å²) >= 11 is 1.27. The molecular weight excluding hydrogens is 350 g/mol. The molecule has 0 aliphatic rings. The number of benzene rings is 2. The summed E-state index contributed by atoms with van der Waals surface area (Å²) in [6.07, 6.45) is 0. The molecule has 1 N–H and O–H groups in total. The van der Waals surface area contributed by atoms with E-state index in [9.17, 15) is 14.4 Å². The van der Waals surface area contributed by atoms with Gasteiger partial charge in [-0.15, -0.1) is 11.8 Å². The molecule has 0 saturated heterocycles. The van der Waals surface area contributed by atoms with Gasteiger partial charge in [0.15, 0.2) is 6.61 Å². The van der Waals surface area contributed by atoms with Crippen LogP contribution in [0.1, 0.15) is 35.8 Å². The summed E-state index contributed by atoms with van der Waals surface area (Å²) in [4.78, 5) is 36.1. The Morgan fingerprint density at radius 1 is 1.04 bits per heavy atom. The van der Waals surface area contributed by atoms with Crippen LogP contribution < -0.4 is 5.32 Å². The number of nitrogens with one attached hydrogen (secondary N) is 1. The third-order valence-corrected chi connectivity index (χ3v) is 4.77. The highest BCUT2D eigenvalue weighted by Crippen LogP contribution is 2.23. The Labute approximate surface area is 157 Å². The van der Waals surface area contributed by atoms with Crippen LogP contribution in [-0.2, 0) is 14.3 Å². The molecule has 2 aromatic rings. The van der Waals surface area contributed by atoms with Crippen LogP contribution in [0.25, 0.3) is 0 Å². The molecule has 0 bridgehead atoms. The highest BCUT2D eigenvalue weighted by Gasteiger charge is 2.16. The van der Waals surface area contributed by atoms with Crippen molar-refractivity contribution in [1.29, 1.82) is 0 Å². The van der Waals surface area contributed by atoms with Gasteiger partial charge in [-0.3, -0.25) is 9.59 Å². The topological polar surface area (TPSA) is 72.5 Å². The molecule has 0 unspecified atom stereocenters. The fraction of sp³-hybridized carbons (Fsp3) is 0.250. The number of hydrogen-bond acceptors (Lipinski definition) is 5. The van der Waals surface area contributed by atoms with Crippen molar-refractivity contribution in [3.05, 3.63) is 65.7 Å². The lowest BCUT2D eigenvalue weighted by atomic mass is 10.1. The average molecular weight is 371 g/mol. The molecule has 1 amide bonds. The molecule has 0 aliphatic heterocycles. The van der Waals surface area contributed by atoms with E-state index in [1.807, 2.05) is 37.3 Å². The zero-order chi connectivity index (χ0) is 18.9. The van der Waals surface area contributed by atoms with Crippen LogP contribution in [0.15, 0.2) is 59.5 Å². The number of ether oxygens (including phenoxy) is 1. The highest BCUT2D eigenvalue weighted by atomic mass is 32.2. The summed E-state index contributed by atoms with van der Waals surface area (Å²) in [6, 6.07) is 16.2. The number of Topliss-reactive ketones (excluding diaryl/α,β-unsaturated/α-hetero) is 1. The van der Waals surface area contributed by atoms with Gasteiger partial charge in [-0.1, -0.05) is 42.5 Å². The number of rotatable bonds is 8. The van der Waals surface area contributed by atoms with Crippen LogP contribution in [0.5, 0.6) is 0 Å². The largest absolute Gasteiger partial charge is 0.452 e. The van der Waals surface area contributed by atoms with Gasteiger partial charge < -0.3 is 10.1 Å². The Hall–Kier alpha value is -2.60. The maximum Gasteiger partial charge on any atom is 0.339 e. The van der Waals surface area contributed by atoms with Crippen molar-refractivity contribution in [2.24, 2.45) is 0 Å². The molecule has 136 valence electrons. The first-order valence-electron chi connectivity index (χ1n) is 8.20. The van der Waals surface area contributed by atoms with E-state index in [2.05, 4.69) is 5.32 Å². The molecule has 0 aromatic heterocycles. The minimum absolute atomic E-state index is 0.0208. The number of esters is 1. The molecule has 5 nitrogen and oxygen atoms in total. The zero-order valence-corrected chi connectivity index (χ0v) is 15.5. The molecule has 0 heterocycles. The fourth-order valence-electron chi connectivity index (χ4n) is 2.26. The summed E-state index contributed by atoms with van der Waals surface area (Å²) in [5.41, 5.74) is 1.32. The van der Waals surface area contributed by atoms with Crippen LogP contribution in [-0.4, -0.2) is 30.0 Å². The van der Waals surface area contributed by atoms with Crippen molar-refractivity contribution in [3.63, 3.8) is 0 Å². The molecule has 2 rings (SSSR count). The van der Waals surface area contributed by atoms with Crippen LogP contribution in [0.4, 0.5) is 0 Å². The van der Waals surface area contributed by atoms with Gasteiger partial charge >= 0.3 is 5.97 Å². The quantitative estimate of drug-likeness (QED) is 0.569. The SMILES string of the molecule is CC(=O)CSc1ccccc1C(=O)OCC(=O)N[C@@H](C)c1ccccc1. The summed E-state index contributed by atoms with van der Waals surface area (Å²) < 4.78 is 5.12. The summed E-state index contributed by atoms with van der Waals surface area (Å²) in [5, 5.41) is 2.79. The average Bonchev–Trinajstić information content (AvgIpc) is 2.65. The van der Waals surface area contributed by atoms with Gasteiger partial charge in [-0.25, -0.2) is 4.79 Å². The lowest BCUT2D eigenvalue weighted by molar-refractivity contribution is -0.124. The van der Waals surface area contributed by atoms with Gasteiger partial charge in [0.05, 0.1) is 17.4 Å². The number of thioether (sulfide) groups is 1. The van der Waals surface area contributed by atoms with Crippen molar-refractivity contribution in [3.8, 4) is 0 Å². The van der Waals surface area contributed by atoms with Gasteiger partial charge in [0.1, 0.15) is 5.78 Å². The zero-order valence-electron chi connectivity index (χ0n) is 14.7. The number of carbonyl (C=O) groups excluding carboxylic acids is 3. The summed E-state index contributed by atoms with van der Waals surface area (Å²) in [5.74, 6) is -0.658. The molecule has 0 radical (unpaired) electrons. The van der Waals surface area contributed by atoms with Crippen molar-refractivity contribution in [2.75, 3.05) is 12.4 Å². The van der Waals surface area contributed by atoms with Crippen molar-refractivity contribution >= 4 is 29.4 Å². The Balaban J connectivity index is 1.90. The van der Waals surface area contributed by atoms with Crippen molar-refractivity contribution in [1.82, 2.24) is 5.32 Å². The Kier molecular flexibility index (Phi) is 7.41. The van der Waals surface area contributed by atoms with E-state index < -0.39 is 5.97 Å². The summed E-state index contributed by atoms with van der Waals surface area (Å²) in [6.45, 7) is 3.00. The molecule has 0 fully saturated rings. The third-order valence-electron chi connectivity index (χ3n) is 3.55. The number of hydrogen-bond donors (Lipinski definition) is 1. The second-order valence-electron chi connectivity index (χ2n) is 5.76. The van der Waals surface area contributed by atoms with E-state index in [-0.39, 0.29) is 30.1 Å². The standard InChI is InChI=1S/C20H21NO4S/c1-14(22)13-26-18-11-7-6-10-17(18)20(24)25-12-19(23)21-15(2)16-8-4-3-5-9-16/h3-11,15H,12-13H2,1-2H3,(H,21,23)/t15-/m0/s1. The molecule has 0 saturated carbocycles. The maximum absolute atomic E-state index is 12.3. The van der Waals surface area contributed by atoms with Crippen LogP contribution in [0, 0.1) is 0 Å². The summed E-state index contributed by atoms with van der Waals surface area (Å²) in [7, 11) is 0. The Bertz CT molecular complexity index is 776. The molecule has 2 aromatic carbocycles. The van der Waals surface area contributed by atoms with Crippen LogP contribution in [0.2, 0.25) is 0 Å². The van der Waals surface area contributed by atoms with Crippen molar-refractivity contribution < 1.29 is 19.1 Å². The van der Waals surface area contributed by atoms with Crippen molar-refractivity contribution in [2.45, 2.75) is 24.8 Å². The van der Waals surface area contributed by atoms with E-state index in [1.165, 1.54) is 18.7 Å².